The molecule has 51 heavy (non-hydrogen) atoms. The summed E-state index contributed by atoms with van der Waals surface area (Å²) in [6.45, 7) is 5.45. The van der Waals surface area contributed by atoms with E-state index in [1.54, 1.807) is 12.1 Å². The summed E-state index contributed by atoms with van der Waals surface area (Å²) in [7, 11) is 3.30. The number of benzene rings is 3. The van der Waals surface area contributed by atoms with Crippen LogP contribution in [0.15, 0.2) is 48.5 Å². The second-order valence-corrected chi connectivity index (χ2v) is 13.6. The number of methoxy groups -OCH3 is 1. The molecule has 0 radical (unpaired) electrons. The molecule has 0 aliphatic carbocycles. The molecule has 0 spiro atoms. The summed E-state index contributed by atoms with van der Waals surface area (Å²) in [5, 5.41) is 32.6. The zero-order chi connectivity index (χ0) is 36.0. The van der Waals surface area contributed by atoms with Gasteiger partial charge in [-0.05, 0) is 105 Å². The average Bonchev–Trinajstić information content (AvgIpc) is 3.74. The van der Waals surface area contributed by atoms with Gasteiger partial charge >= 0.3 is 5.97 Å². The maximum atomic E-state index is 13.9. The maximum absolute atomic E-state index is 13.9. The van der Waals surface area contributed by atoms with Crippen molar-refractivity contribution in [1.82, 2.24) is 24.1 Å². The largest absolute Gasteiger partial charge is 0.507 e. The number of aliphatic hydroxyl groups is 1. The molecule has 1 unspecified atom stereocenters. The van der Waals surface area contributed by atoms with Gasteiger partial charge in [0.2, 0.25) is 0 Å². The number of aromatic hydroxyl groups is 1. The number of hydrogen-bond donors (Lipinski definition) is 2. The predicted molar refractivity (Wildman–Crippen MR) is 194 cm³/mol. The summed E-state index contributed by atoms with van der Waals surface area (Å²) in [6.07, 6.45) is 2.90. The third-order valence-corrected chi connectivity index (χ3v) is 10.3. The zero-order valence-electron chi connectivity index (χ0n) is 29.2. The Hall–Kier alpha value is -4.71. The normalized spacial score (nSPS) is 14.5. The predicted octanol–water partition coefficient (Wildman–Crippen LogP) is 7.16. The van der Waals surface area contributed by atoms with Crippen LogP contribution >= 0.6 is 11.6 Å². The first kappa shape index (κ1) is 34.7. The molecule has 10 nitrogen and oxygen atoms in total. The Morgan fingerprint density at radius 1 is 1.08 bits per heavy atom. The highest BCUT2D eigenvalue weighted by Gasteiger charge is 2.32. The molecule has 0 fully saturated rings. The number of rotatable bonds is 11. The van der Waals surface area contributed by atoms with Gasteiger partial charge in [0.25, 0.3) is 0 Å². The molecule has 6 aromatic rings. The highest BCUT2D eigenvalue weighted by molar-refractivity contribution is 6.35. The number of aryl methyl sites for hydroxylation is 7. The topological polar surface area (TPSA) is 117 Å². The number of halogens is 2. The number of carbonyl (C=O) groups is 1. The Labute approximate surface area is 300 Å². The van der Waals surface area contributed by atoms with E-state index < -0.39 is 5.97 Å². The molecule has 2 N–H and O–H groups in total. The average molecular weight is 714 g/mol. The van der Waals surface area contributed by atoms with Crippen LogP contribution in [0.2, 0.25) is 5.02 Å². The Morgan fingerprint density at radius 2 is 1.90 bits per heavy atom. The van der Waals surface area contributed by atoms with Crippen molar-refractivity contribution in [2.75, 3.05) is 20.3 Å². The lowest BCUT2D eigenvalue weighted by Crippen LogP contribution is -2.23. The number of carbonyl (C=O) groups excluding carboxylic acids is 1. The molecule has 3 aromatic carbocycles. The second kappa shape index (κ2) is 14.1. The van der Waals surface area contributed by atoms with Gasteiger partial charge in [0, 0.05) is 58.3 Å². The van der Waals surface area contributed by atoms with E-state index in [1.165, 1.54) is 19.2 Å². The molecule has 0 saturated heterocycles. The molecule has 1 aliphatic heterocycles. The van der Waals surface area contributed by atoms with Crippen molar-refractivity contribution < 1.29 is 28.9 Å². The Bertz CT molecular complexity index is 2290. The number of nitrogens with zero attached hydrogens (tertiary/aromatic N) is 5. The monoisotopic (exact) mass is 713 g/mol. The number of hydrogen-bond acceptors (Lipinski definition) is 7. The van der Waals surface area contributed by atoms with E-state index in [-0.39, 0.29) is 24.3 Å². The second-order valence-electron chi connectivity index (χ2n) is 13.2. The lowest BCUT2D eigenvalue weighted by atomic mass is 9.93. The summed E-state index contributed by atoms with van der Waals surface area (Å²) in [5.41, 5.74) is 8.40. The van der Waals surface area contributed by atoms with E-state index >= 15 is 0 Å². The van der Waals surface area contributed by atoms with Crippen LogP contribution in [0.3, 0.4) is 0 Å². The number of phenolic OH excluding ortho intramolecular Hbond substituents is 1. The van der Waals surface area contributed by atoms with Gasteiger partial charge in [-0.15, -0.1) is 0 Å². The van der Waals surface area contributed by atoms with Crippen molar-refractivity contribution in [2.24, 2.45) is 7.05 Å². The van der Waals surface area contributed by atoms with Crippen LogP contribution in [-0.4, -0.2) is 60.6 Å². The van der Waals surface area contributed by atoms with Gasteiger partial charge < -0.3 is 24.3 Å². The lowest BCUT2D eigenvalue weighted by Gasteiger charge is -2.26. The maximum Gasteiger partial charge on any atom is 0.354 e. The standard InChI is InChI=1S/C39H41ClFN5O5/c1-22-34-31(45(14-5-16-47)37(22)39(49)50-4)12-11-30(40)36(34)35-23(2)42-46-15-17-51-33(38(35)46)13-8-27-21-28(44(3)43-27)9-6-24-18-25-20-26(41)7-10-29(25)32(48)19-24/h7,10-12,18-21,33,47-48H,5-6,8-9,13-17H2,1-4H3. The van der Waals surface area contributed by atoms with E-state index in [0.29, 0.717) is 73.3 Å². The van der Waals surface area contributed by atoms with Crippen LogP contribution in [0.25, 0.3) is 32.8 Å². The third kappa shape index (κ3) is 6.39. The summed E-state index contributed by atoms with van der Waals surface area (Å²) >= 11 is 7.03. The Balaban J connectivity index is 1.17. The van der Waals surface area contributed by atoms with Crippen molar-refractivity contribution >= 4 is 39.2 Å². The number of phenols is 1. The van der Waals surface area contributed by atoms with Crippen molar-refractivity contribution in [1.29, 1.82) is 0 Å². The van der Waals surface area contributed by atoms with Gasteiger partial charge in [-0.2, -0.15) is 10.2 Å². The number of aliphatic hydroxyl groups excluding tert-OH is 1. The number of esters is 1. The fraction of sp³-hybridized carbons (Fsp3) is 0.359. The van der Waals surface area contributed by atoms with Crippen LogP contribution in [0.1, 0.15) is 63.3 Å². The van der Waals surface area contributed by atoms with E-state index in [0.717, 1.165) is 55.9 Å². The van der Waals surface area contributed by atoms with Gasteiger partial charge in [0.15, 0.2) is 0 Å². The van der Waals surface area contributed by atoms with Crippen LogP contribution in [0.4, 0.5) is 4.39 Å². The third-order valence-electron chi connectivity index (χ3n) is 10.00. The summed E-state index contributed by atoms with van der Waals surface area (Å²) < 4.78 is 31.3. The number of fused-ring (bicyclic) bond motifs is 3. The fourth-order valence-electron chi connectivity index (χ4n) is 7.67. The summed E-state index contributed by atoms with van der Waals surface area (Å²) in [6, 6.07) is 13.9. The number of ether oxygens (including phenoxy) is 2. The smallest absolute Gasteiger partial charge is 0.354 e. The van der Waals surface area contributed by atoms with Crippen molar-refractivity contribution in [3.05, 3.63) is 99.0 Å². The first-order chi connectivity index (χ1) is 24.6. The molecule has 4 heterocycles. The molecule has 0 bridgehead atoms. The van der Waals surface area contributed by atoms with Crippen molar-refractivity contribution in [3.63, 3.8) is 0 Å². The van der Waals surface area contributed by atoms with Crippen LogP contribution < -0.4 is 0 Å². The zero-order valence-corrected chi connectivity index (χ0v) is 29.9. The highest BCUT2D eigenvalue weighted by Crippen LogP contribution is 2.45. The minimum Gasteiger partial charge on any atom is -0.507 e. The SMILES string of the molecule is COC(=O)c1c(C)c2c(-c3c(C)nn4c3C(CCc3cc(CCc5cc(O)c6ccc(F)cc6c5)n(C)n3)OCC4)c(Cl)ccc2n1CCCO. The fourth-order valence-corrected chi connectivity index (χ4v) is 7.92. The first-order valence-electron chi connectivity index (χ1n) is 17.2. The van der Waals surface area contributed by atoms with E-state index in [4.69, 9.17) is 31.3 Å². The summed E-state index contributed by atoms with van der Waals surface area (Å²) in [4.78, 5) is 13.0. The molecule has 1 aliphatic rings. The van der Waals surface area contributed by atoms with Gasteiger partial charge in [-0.25, -0.2) is 9.18 Å². The minimum atomic E-state index is -0.445. The molecule has 7 rings (SSSR count). The van der Waals surface area contributed by atoms with Crippen LogP contribution in [0, 0.1) is 19.7 Å². The van der Waals surface area contributed by atoms with E-state index in [9.17, 15) is 19.4 Å². The van der Waals surface area contributed by atoms with E-state index in [2.05, 4.69) is 6.07 Å². The highest BCUT2D eigenvalue weighted by atomic mass is 35.5. The Morgan fingerprint density at radius 3 is 2.69 bits per heavy atom. The van der Waals surface area contributed by atoms with Gasteiger partial charge in [-0.1, -0.05) is 17.7 Å². The molecule has 0 amide bonds. The van der Waals surface area contributed by atoms with Gasteiger partial charge in [-0.3, -0.25) is 9.36 Å². The molecular weight excluding hydrogens is 673 g/mol. The molecule has 266 valence electrons. The lowest BCUT2D eigenvalue weighted by molar-refractivity contribution is 0.0120. The molecule has 3 aromatic heterocycles. The first-order valence-corrected chi connectivity index (χ1v) is 17.6. The Kier molecular flexibility index (Phi) is 9.62. The van der Waals surface area contributed by atoms with Gasteiger partial charge in [0.05, 0.1) is 37.3 Å². The quantitative estimate of drug-likeness (QED) is 0.137. The van der Waals surface area contributed by atoms with Crippen LogP contribution in [-0.2, 0) is 48.9 Å². The number of aromatic nitrogens is 5. The van der Waals surface area contributed by atoms with Crippen molar-refractivity contribution in [3.8, 4) is 16.9 Å². The van der Waals surface area contributed by atoms with E-state index in [1.807, 2.05) is 53.0 Å². The molecular formula is C39H41ClFN5O5. The minimum absolute atomic E-state index is 0.0100. The molecule has 1 atom stereocenters. The molecule has 0 saturated carbocycles. The van der Waals surface area contributed by atoms with Gasteiger partial charge in [0.1, 0.15) is 23.4 Å². The van der Waals surface area contributed by atoms with Crippen molar-refractivity contribution in [2.45, 2.75) is 65.1 Å². The summed E-state index contributed by atoms with van der Waals surface area (Å²) in [5.74, 6) is -0.636. The van der Waals surface area contributed by atoms with Crippen LogP contribution in [0.5, 0.6) is 5.75 Å². The molecule has 12 heteroatoms.